The van der Waals surface area contributed by atoms with Gasteiger partial charge >= 0.3 is 12.1 Å². The second kappa shape index (κ2) is 5.26. The van der Waals surface area contributed by atoms with Crippen molar-refractivity contribution in [3.63, 3.8) is 0 Å². The molecule has 5 nitrogen and oxygen atoms in total. The van der Waals surface area contributed by atoms with E-state index in [0.29, 0.717) is 13.0 Å². The van der Waals surface area contributed by atoms with E-state index in [1.807, 2.05) is 0 Å². The summed E-state index contributed by atoms with van der Waals surface area (Å²) in [6.45, 7) is 0.258. The molecule has 2 N–H and O–H groups in total. The highest BCUT2D eigenvalue weighted by molar-refractivity contribution is 5.74. The third-order valence-corrected chi connectivity index (χ3v) is 3.50. The van der Waals surface area contributed by atoms with Crippen LogP contribution < -0.4 is 0 Å². The van der Waals surface area contributed by atoms with Gasteiger partial charge in [0.15, 0.2) is 0 Å². The van der Waals surface area contributed by atoms with Crippen LogP contribution in [0.3, 0.4) is 0 Å². The lowest BCUT2D eigenvalue weighted by Gasteiger charge is -2.35. The zero-order valence-electron chi connectivity index (χ0n) is 10.1. The Labute approximate surface area is 109 Å². The summed E-state index contributed by atoms with van der Waals surface area (Å²) in [6.07, 6.45) is -0.682. The van der Waals surface area contributed by atoms with E-state index in [-0.39, 0.29) is 18.3 Å². The number of nitrogens with zero attached hydrogens (tertiary/aromatic N) is 1. The Balaban J connectivity index is 2.22. The Hall–Kier alpha value is -2.11. The molecule has 0 saturated carbocycles. The Kier molecular flexibility index (Phi) is 3.69. The molecule has 0 bridgehead atoms. The van der Waals surface area contributed by atoms with Crippen molar-refractivity contribution in [2.45, 2.75) is 12.3 Å². The van der Waals surface area contributed by atoms with E-state index in [1.54, 1.807) is 12.1 Å². The standard InChI is InChI=1S/C13H14FNO4/c14-9-3-1-8(2-4-9)10-5-6-15(13(18)19)7-11(10)12(16)17/h1-4,10-11H,5-7H2,(H,16,17)(H,18,19)/t10-,11-/m1/s1. The maximum Gasteiger partial charge on any atom is 0.407 e. The maximum atomic E-state index is 12.9. The number of carboxylic acid groups (broad SMARTS) is 2. The van der Waals surface area contributed by atoms with Gasteiger partial charge in [-0.15, -0.1) is 0 Å². The lowest BCUT2D eigenvalue weighted by atomic mass is 9.80. The van der Waals surface area contributed by atoms with E-state index < -0.39 is 18.0 Å². The number of carbonyl (C=O) groups is 2. The Morgan fingerprint density at radius 1 is 1.21 bits per heavy atom. The molecule has 1 amide bonds. The zero-order valence-corrected chi connectivity index (χ0v) is 10.1. The first-order chi connectivity index (χ1) is 8.99. The summed E-state index contributed by atoms with van der Waals surface area (Å²) in [6, 6.07) is 5.70. The number of aliphatic carboxylic acids is 1. The molecule has 2 rings (SSSR count). The van der Waals surface area contributed by atoms with Gasteiger partial charge in [0.25, 0.3) is 0 Å². The molecule has 1 heterocycles. The molecule has 0 aromatic heterocycles. The fraction of sp³-hybridized carbons (Fsp3) is 0.385. The SMILES string of the molecule is O=C(O)[C@@H]1CN(C(=O)O)CC[C@@H]1c1ccc(F)cc1. The highest BCUT2D eigenvalue weighted by Crippen LogP contribution is 2.33. The van der Waals surface area contributed by atoms with Gasteiger partial charge in [-0.25, -0.2) is 9.18 Å². The molecule has 0 radical (unpaired) electrons. The summed E-state index contributed by atoms with van der Waals surface area (Å²) in [4.78, 5) is 23.3. The Bertz CT molecular complexity index is 488. The third kappa shape index (κ3) is 2.83. The number of hydrogen-bond acceptors (Lipinski definition) is 2. The first-order valence-corrected chi connectivity index (χ1v) is 5.95. The van der Waals surface area contributed by atoms with Gasteiger partial charge in [-0.1, -0.05) is 12.1 Å². The summed E-state index contributed by atoms with van der Waals surface area (Å²) in [5, 5.41) is 18.1. The van der Waals surface area contributed by atoms with Crippen molar-refractivity contribution in [2.75, 3.05) is 13.1 Å². The van der Waals surface area contributed by atoms with Crippen molar-refractivity contribution in [3.05, 3.63) is 35.6 Å². The lowest BCUT2D eigenvalue weighted by molar-refractivity contribution is -0.144. The maximum absolute atomic E-state index is 12.9. The van der Waals surface area contributed by atoms with Gasteiger partial charge in [0.1, 0.15) is 5.82 Å². The molecule has 1 saturated heterocycles. The van der Waals surface area contributed by atoms with Gasteiger partial charge in [-0.05, 0) is 24.1 Å². The molecular formula is C13H14FNO4. The van der Waals surface area contributed by atoms with Crippen LogP contribution in [0.15, 0.2) is 24.3 Å². The highest BCUT2D eigenvalue weighted by atomic mass is 19.1. The van der Waals surface area contributed by atoms with Crippen molar-refractivity contribution in [2.24, 2.45) is 5.92 Å². The largest absolute Gasteiger partial charge is 0.481 e. The van der Waals surface area contributed by atoms with Gasteiger partial charge in [0.2, 0.25) is 0 Å². The number of hydrogen-bond donors (Lipinski definition) is 2. The van der Waals surface area contributed by atoms with E-state index in [2.05, 4.69) is 0 Å². The van der Waals surface area contributed by atoms with Crippen molar-refractivity contribution < 1.29 is 24.2 Å². The number of rotatable bonds is 2. The molecule has 1 aromatic carbocycles. The number of likely N-dealkylation sites (tertiary alicyclic amines) is 1. The summed E-state index contributed by atoms with van der Waals surface area (Å²) in [5.74, 6) is -2.48. The van der Waals surface area contributed by atoms with Crippen LogP contribution >= 0.6 is 0 Å². The minimum atomic E-state index is -1.11. The summed E-state index contributed by atoms with van der Waals surface area (Å²) >= 11 is 0. The molecule has 1 aliphatic heterocycles. The summed E-state index contributed by atoms with van der Waals surface area (Å²) < 4.78 is 12.9. The normalized spacial score (nSPS) is 23.1. The van der Waals surface area contributed by atoms with E-state index >= 15 is 0 Å². The van der Waals surface area contributed by atoms with Gasteiger partial charge in [-0.3, -0.25) is 4.79 Å². The predicted octanol–water partition coefficient (Wildman–Crippen LogP) is 1.99. The summed E-state index contributed by atoms with van der Waals surface area (Å²) in [5.41, 5.74) is 0.735. The number of halogens is 1. The second-order valence-electron chi connectivity index (χ2n) is 4.62. The van der Waals surface area contributed by atoms with Gasteiger partial charge < -0.3 is 15.1 Å². The van der Waals surface area contributed by atoms with E-state index in [0.717, 1.165) is 10.5 Å². The van der Waals surface area contributed by atoms with Gasteiger partial charge in [0, 0.05) is 19.0 Å². The average molecular weight is 267 g/mol. The molecule has 0 unspecified atom stereocenters. The van der Waals surface area contributed by atoms with Gasteiger partial charge in [0.05, 0.1) is 5.92 Å². The average Bonchev–Trinajstić information content (AvgIpc) is 2.38. The van der Waals surface area contributed by atoms with Crippen molar-refractivity contribution in [3.8, 4) is 0 Å². The molecule has 0 spiro atoms. The molecule has 19 heavy (non-hydrogen) atoms. The van der Waals surface area contributed by atoms with Crippen LogP contribution in [0.5, 0.6) is 0 Å². The Morgan fingerprint density at radius 3 is 2.37 bits per heavy atom. The van der Waals surface area contributed by atoms with Crippen molar-refractivity contribution >= 4 is 12.1 Å². The molecule has 6 heteroatoms. The van der Waals surface area contributed by atoms with Crippen LogP contribution in [0.2, 0.25) is 0 Å². The minimum Gasteiger partial charge on any atom is -0.481 e. The molecular weight excluding hydrogens is 253 g/mol. The molecule has 1 aliphatic rings. The zero-order chi connectivity index (χ0) is 14.0. The molecule has 2 atom stereocenters. The van der Waals surface area contributed by atoms with Crippen LogP contribution in [0.4, 0.5) is 9.18 Å². The molecule has 102 valence electrons. The number of carboxylic acids is 1. The number of benzene rings is 1. The fourth-order valence-corrected chi connectivity index (χ4v) is 2.48. The summed E-state index contributed by atoms with van der Waals surface area (Å²) in [7, 11) is 0. The number of piperidine rings is 1. The van der Waals surface area contributed by atoms with E-state index in [9.17, 15) is 19.1 Å². The van der Waals surface area contributed by atoms with Crippen LogP contribution in [-0.4, -0.2) is 40.3 Å². The predicted molar refractivity (Wildman–Crippen MR) is 64.5 cm³/mol. The van der Waals surface area contributed by atoms with Crippen LogP contribution in [0.25, 0.3) is 0 Å². The van der Waals surface area contributed by atoms with Crippen LogP contribution in [0, 0.1) is 11.7 Å². The molecule has 1 aromatic rings. The van der Waals surface area contributed by atoms with E-state index in [4.69, 9.17) is 5.11 Å². The fourth-order valence-electron chi connectivity index (χ4n) is 2.48. The third-order valence-electron chi connectivity index (χ3n) is 3.50. The first-order valence-electron chi connectivity index (χ1n) is 5.95. The molecule has 0 aliphatic carbocycles. The highest BCUT2D eigenvalue weighted by Gasteiger charge is 2.36. The smallest absolute Gasteiger partial charge is 0.407 e. The van der Waals surface area contributed by atoms with Crippen LogP contribution in [-0.2, 0) is 4.79 Å². The molecule has 1 fully saturated rings. The van der Waals surface area contributed by atoms with Crippen molar-refractivity contribution in [1.82, 2.24) is 4.90 Å². The van der Waals surface area contributed by atoms with Crippen molar-refractivity contribution in [1.29, 1.82) is 0 Å². The second-order valence-corrected chi connectivity index (χ2v) is 4.62. The van der Waals surface area contributed by atoms with E-state index in [1.165, 1.54) is 12.1 Å². The Morgan fingerprint density at radius 2 is 1.84 bits per heavy atom. The lowest BCUT2D eigenvalue weighted by Crippen LogP contribution is -2.45. The van der Waals surface area contributed by atoms with Crippen LogP contribution in [0.1, 0.15) is 17.9 Å². The number of amides is 1. The topological polar surface area (TPSA) is 77.8 Å². The van der Waals surface area contributed by atoms with Gasteiger partial charge in [-0.2, -0.15) is 0 Å². The quantitative estimate of drug-likeness (QED) is 0.859. The minimum absolute atomic E-state index is 0.0350. The monoisotopic (exact) mass is 267 g/mol. The first kappa shape index (κ1) is 13.3.